The monoisotopic (exact) mass is 337 g/mol. The number of carbonyl (C=O) groups excluding carboxylic acids is 4. The number of para-hydroxylation sites is 1. The van der Waals surface area contributed by atoms with Crippen LogP contribution in [0.1, 0.15) is 38.0 Å². The molecule has 1 atom stereocenters. The number of imide groups is 1. The molecular weight excluding hydrogens is 322 g/mol. The summed E-state index contributed by atoms with van der Waals surface area (Å²) in [6.45, 7) is 1.45. The average molecular weight is 337 g/mol. The van der Waals surface area contributed by atoms with Gasteiger partial charge in [0.05, 0.1) is 22.4 Å². The molecule has 0 saturated carbocycles. The molecule has 1 heterocycles. The van der Waals surface area contributed by atoms with Crippen LogP contribution in [-0.4, -0.2) is 34.6 Å². The number of nitrogens with zero attached hydrogens (tertiary/aromatic N) is 1. The summed E-state index contributed by atoms with van der Waals surface area (Å²) in [5.41, 5.74) is 6.19. The number of hydrogen-bond acceptors (Lipinski definition) is 4. The molecule has 1 aliphatic heterocycles. The summed E-state index contributed by atoms with van der Waals surface area (Å²) < 4.78 is 0. The summed E-state index contributed by atoms with van der Waals surface area (Å²) in [6, 6.07) is 11.6. The fourth-order valence-corrected chi connectivity index (χ4v) is 2.72. The topological polar surface area (TPSA) is 110 Å². The first-order valence-electron chi connectivity index (χ1n) is 7.58. The summed E-state index contributed by atoms with van der Waals surface area (Å²) in [4.78, 5) is 49.7. The van der Waals surface area contributed by atoms with E-state index in [4.69, 9.17) is 5.73 Å². The number of primary amides is 1. The Morgan fingerprint density at radius 1 is 0.960 bits per heavy atom. The standard InChI is InChI=1S/C18H15N3O4/c1-10(16(23)20-14-9-5-4-8-13(14)15(19)22)21-17(24)11-6-2-3-7-12(11)18(21)25/h2-10H,1H3,(H2,19,22)(H,20,23)/t10-/m1/s1. The van der Waals surface area contributed by atoms with Crippen LogP contribution in [0, 0.1) is 0 Å². The fourth-order valence-electron chi connectivity index (χ4n) is 2.72. The molecule has 2 aromatic carbocycles. The third kappa shape index (κ3) is 2.76. The summed E-state index contributed by atoms with van der Waals surface area (Å²) in [6.07, 6.45) is 0. The van der Waals surface area contributed by atoms with Crippen molar-refractivity contribution in [2.24, 2.45) is 5.73 Å². The van der Waals surface area contributed by atoms with Crippen LogP contribution >= 0.6 is 0 Å². The zero-order chi connectivity index (χ0) is 18.1. The minimum atomic E-state index is -1.05. The lowest BCUT2D eigenvalue weighted by atomic mass is 10.1. The van der Waals surface area contributed by atoms with Crippen LogP contribution in [0.2, 0.25) is 0 Å². The second-order valence-corrected chi connectivity index (χ2v) is 5.60. The van der Waals surface area contributed by atoms with E-state index < -0.39 is 29.7 Å². The number of fused-ring (bicyclic) bond motifs is 1. The van der Waals surface area contributed by atoms with Gasteiger partial charge in [-0.15, -0.1) is 0 Å². The van der Waals surface area contributed by atoms with E-state index in [1.807, 2.05) is 0 Å². The van der Waals surface area contributed by atoms with Gasteiger partial charge < -0.3 is 11.1 Å². The van der Waals surface area contributed by atoms with Gasteiger partial charge in [-0.1, -0.05) is 24.3 Å². The van der Waals surface area contributed by atoms with Crippen molar-refractivity contribution >= 4 is 29.3 Å². The van der Waals surface area contributed by atoms with Gasteiger partial charge in [0.25, 0.3) is 17.7 Å². The van der Waals surface area contributed by atoms with Gasteiger partial charge in [0.1, 0.15) is 6.04 Å². The van der Waals surface area contributed by atoms with Gasteiger partial charge in [0, 0.05) is 0 Å². The molecule has 0 radical (unpaired) electrons. The van der Waals surface area contributed by atoms with Gasteiger partial charge in [-0.2, -0.15) is 0 Å². The van der Waals surface area contributed by atoms with Crippen LogP contribution in [0.4, 0.5) is 5.69 Å². The average Bonchev–Trinajstić information content (AvgIpc) is 2.86. The SMILES string of the molecule is C[C@H](C(=O)Nc1ccccc1C(N)=O)N1C(=O)c2ccccc2C1=O. The smallest absolute Gasteiger partial charge is 0.262 e. The Kier molecular flexibility index (Phi) is 4.06. The molecule has 0 aromatic heterocycles. The minimum Gasteiger partial charge on any atom is -0.366 e. The predicted molar refractivity (Wildman–Crippen MR) is 90.0 cm³/mol. The van der Waals surface area contributed by atoms with Gasteiger partial charge in [-0.05, 0) is 31.2 Å². The van der Waals surface area contributed by atoms with Crippen LogP contribution in [0.3, 0.4) is 0 Å². The van der Waals surface area contributed by atoms with Gasteiger partial charge >= 0.3 is 0 Å². The summed E-state index contributed by atoms with van der Waals surface area (Å²) in [7, 11) is 0. The number of hydrogen-bond donors (Lipinski definition) is 2. The fraction of sp³-hybridized carbons (Fsp3) is 0.111. The molecule has 0 fully saturated rings. The molecule has 2 aromatic rings. The third-order valence-electron chi connectivity index (χ3n) is 4.04. The van der Waals surface area contributed by atoms with Crippen molar-refractivity contribution in [2.45, 2.75) is 13.0 Å². The van der Waals surface area contributed by atoms with Gasteiger partial charge in [-0.3, -0.25) is 24.1 Å². The van der Waals surface area contributed by atoms with Crippen LogP contribution in [0.25, 0.3) is 0 Å². The van der Waals surface area contributed by atoms with Crippen molar-refractivity contribution in [1.29, 1.82) is 0 Å². The Bertz CT molecular complexity index is 872. The number of benzene rings is 2. The van der Waals surface area contributed by atoms with Crippen molar-refractivity contribution in [3.63, 3.8) is 0 Å². The van der Waals surface area contributed by atoms with E-state index in [0.717, 1.165) is 4.90 Å². The molecule has 0 spiro atoms. The first-order valence-corrected chi connectivity index (χ1v) is 7.58. The van der Waals surface area contributed by atoms with Crippen LogP contribution in [0.15, 0.2) is 48.5 Å². The molecule has 0 aliphatic carbocycles. The number of nitrogens with one attached hydrogen (secondary N) is 1. The number of anilines is 1. The lowest BCUT2D eigenvalue weighted by Crippen LogP contribution is -2.45. The van der Waals surface area contributed by atoms with Crippen molar-refractivity contribution in [1.82, 2.24) is 4.90 Å². The molecule has 126 valence electrons. The largest absolute Gasteiger partial charge is 0.366 e. The maximum atomic E-state index is 12.5. The van der Waals surface area contributed by atoms with Gasteiger partial charge in [-0.25, -0.2) is 0 Å². The predicted octanol–water partition coefficient (Wildman–Crippen LogP) is 1.41. The molecule has 7 heteroatoms. The molecule has 0 unspecified atom stereocenters. The Morgan fingerprint density at radius 3 is 2.04 bits per heavy atom. The highest BCUT2D eigenvalue weighted by Gasteiger charge is 2.40. The van der Waals surface area contributed by atoms with E-state index in [1.54, 1.807) is 36.4 Å². The molecular formula is C18H15N3O4. The number of carbonyl (C=O) groups is 4. The Labute approximate surface area is 143 Å². The number of amides is 4. The molecule has 3 rings (SSSR count). The summed E-state index contributed by atoms with van der Waals surface area (Å²) in [5.74, 6) is -2.33. The van der Waals surface area contributed by atoms with Gasteiger partial charge in [0.2, 0.25) is 5.91 Å². The first-order chi connectivity index (χ1) is 11.9. The van der Waals surface area contributed by atoms with Crippen LogP contribution < -0.4 is 11.1 Å². The Balaban J connectivity index is 1.84. The van der Waals surface area contributed by atoms with Crippen LogP contribution in [0.5, 0.6) is 0 Å². The zero-order valence-corrected chi connectivity index (χ0v) is 13.4. The molecule has 7 nitrogen and oxygen atoms in total. The second-order valence-electron chi connectivity index (χ2n) is 5.60. The normalized spacial score (nSPS) is 14.2. The van der Waals surface area contributed by atoms with Crippen molar-refractivity contribution in [3.05, 3.63) is 65.2 Å². The van der Waals surface area contributed by atoms with E-state index in [0.29, 0.717) is 0 Å². The molecule has 25 heavy (non-hydrogen) atoms. The number of rotatable bonds is 4. The molecule has 0 saturated heterocycles. The summed E-state index contributed by atoms with van der Waals surface area (Å²) in [5, 5.41) is 2.55. The maximum absolute atomic E-state index is 12.5. The molecule has 1 aliphatic rings. The van der Waals surface area contributed by atoms with Crippen molar-refractivity contribution in [3.8, 4) is 0 Å². The minimum absolute atomic E-state index is 0.144. The highest BCUT2D eigenvalue weighted by molar-refractivity contribution is 6.23. The zero-order valence-electron chi connectivity index (χ0n) is 13.4. The third-order valence-corrected chi connectivity index (χ3v) is 4.04. The summed E-state index contributed by atoms with van der Waals surface area (Å²) >= 11 is 0. The lowest BCUT2D eigenvalue weighted by molar-refractivity contribution is -0.119. The van der Waals surface area contributed by atoms with E-state index in [-0.39, 0.29) is 22.4 Å². The maximum Gasteiger partial charge on any atom is 0.262 e. The molecule has 0 bridgehead atoms. The second kappa shape index (κ2) is 6.20. The van der Waals surface area contributed by atoms with E-state index in [2.05, 4.69) is 5.32 Å². The Morgan fingerprint density at radius 2 is 1.48 bits per heavy atom. The highest BCUT2D eigenvalue weighted by Crippen LogP contribution is 2.25. The van der Waals surface area contributed by atoms with E-state index >= 15 is 0 Å². The molecule has 3 N–H and O–H groups in total. The lowest BCUT2D eigenvalue weighted by Gasteiger charge is -2.22. The Hall–Kier alpha value is -3.48. The van der Waals surface area contributed by atoms with E-state index in [1.165, 1.54) is 19.1 Å². The molecule has 4 amide bonds. The quantitative estimate of drug-likeness (QED) is 0.822. The van der Waals surface area contributed by atoms with Crippen molar-refractivity contribution < 1.29 is 19.2 Å². The first kappa shape index (κ1) is 16.4. The van der Waals surface area contributed by atoms with Gasteiger partial charge in [0.15, 0.2) is 0 Å². The van der Waals surface area contributed by atoms with Crippen molar-refractivity contribution in [2.75, 3.05) is 5.32 Å². The highest BCUT2D eigenvalue weighted by atomic mass is 16.2. The van der Waals surface area contributed by atoms with Crippen LogP contribution in [-0.2, 0) is 4.79 Å². The van der Waals surface area contributed by atoms with E-state index in [9.17, 15) is 19.2 Å². The number of nitrogens with two attached hydrogens (primary N) is 1.